The van der Waals surface area contributed by atoms with Gasteiger partial charge in [0.05, 0.1) is 0 Å². The molecule has 2 rings (SSSR count). The number of benzene rings is 1. The molecule has 1 aliphatic heterocycles. The van der Waals surface area contributed by atoms with Gasteiger partial charge in [-0.3, -0.25) is 4.90 Å². The molecule has 1 heteroatoms. The minimum Gasteiger partial charge on any atom is -0.295 e. The number of rotatable bonds is 3. The summed E-state index contributed by atoms with van der Waals surface area (Å²) in [6, 6.07) is 10.7. The SMILES string of the molecule is [CH2]CC1=CCN(Cc2ccccc2)CC1. The Bertz CT molecular complexity index is 326. The lowest BCUT2D eigenvalue weighted by Gasteiger charge is -2.25. The van der Waals surface area contributed by atoms with Gasteiger partial charge >= 0.3 is 0 Å². The van der Waals surface area contributed by atoms with E-state index in [1.54, 1.807) is 0 Å². The Balaban J connectivity index is 1.90. The van der Waals surface area contributed by atoms with Crippen LogP contribution in [0.5, 0.6) is 0 Å². The van der Waals surface area contributed by atoms with Crippen molar-refractivity contribution in [1.29, 1.82) is 0 Å². The summed E-state index contributed by atoms with van der Waals surface area (Å²) in [7, 11) is 0. The Labute approximate surface area is 92.4 Å². The molecule has 0 saturated carbocycles. The van der Waals surface area contributed by atoms with Gasteiger partial charge in [0.15, 0.2) is 0 Å². The summed E-state index contributed by atoms with van der Waals surface area (Å²) < 4.78 is 0. The van der Waals surface area contributed by atoms with Crippen LogP contribution in [-0.2, 0) is 6.54 Å². The predicted molar refractivity (Wildman–Crippen MR) is 64.4 cm³/mol. The maximum Gasteiger partial charge on any atom is 0.0237 e. The van der Waals surface area contributed by atoms with Gasteiger partial charge in [-0.25, -0.2) is 0 Å². The van der Waals surface area contributed by atoms with Gasteiger partial charge in [0.1, 0.15) is 0 Å². The fourth-order valence-corrected chi connectivity index (χ4v) is 1.97. The van der Waals surface area contributed by atoms with E-state index < -0.39 is 0 Å². The van der Waals surface area contributed by atoms with E-state index in [9.17, 15) is 0 Å². The zero-order valence-electron chi connectivity index (χ0n) is 9.15. The molecule has 0 N–H and O–H groups in total. The molecule has 0 aromatic heterocycles. The highest BCUT2D eigenvalue weighted by atomic mass is 15.1. The van der Waals surface area contributed by atoms with Crippen LogP contribution in [0.4, 0.5) is 0 Å². The van der Waals surface area contributed by atoms with Crippen molar-refractivity contribution in [3.63, 3.8) is 0 Å². The Morgan fingerprint density at radius 3 is 2.60 bits per heavy atom. The van der Waals surface area contributed by atoms with Crippen molar-refractivity contribution in [3.05, 3.63) is 54.5 Å². The van der Waals surface area contributed by atoms with Gasteiger partial charge in [-0.2, -0.15) is 0 Å². The van der Waals surface area contributed by atoms with Crippen LogP contribution < -0.4 is 0 Å². The highest BCUT2D eigenvalue weighted by Crippen LogP contribution is 2.15. The first kappa shape index (κ1) is 10.4. The summed E-state index contributed by atoms with van der Waals surface area (Å²) in [6.45, 7) is 7.26. The molecule has 0 fully saturated rings. The molecule has 0 unspecified atom stereocenters. The second-order valence-corrected chi connectivity index (χ2v) is 4.08. The number of nitrogens with zero attached hydrogens (tertiary/aromatic N) is 1. The first-order valence-corrected chi connectivity index (χ1v) is 5.62. The molecule has 1 aliphatic rings. The molecule has 1 aromatic rings. The molecule has 1 aromatic carbocycles. The molecular formula is C14H18N. The Morgan fingerprint density at radius 1 is 1.20 bits per heavy atom. The zero-order chi connectivity index (χ0) is 10.5. The minimum atomic E-state index is 0.971. The summed E-state index contributed by atoms with van der Waals surface area (Å²) in [5.41, 5.74) is 2.92. The molecule has 79 valence electrons. The van der Waals surface area contributed by atoms with Crippen LogP contribution in [0.2, 0.25) is 0 Å². The Kier molecular flexibility index (Phi) is 3.57. The summed E-state index contributed by atoms with van der Waals surface area (Å²) in [5, 5.41) is 0. The second kappa shape index (κ2) is 5.13. The van der Waals surface area contributed by atoms with Crippen molar-refractivity contribution in [3.8, 4) is 0 Å². The van der Waals surface area contributed by atoms with E-state index in [-0.39, 0.29) is 0 Å². The lowest BCUT2D eigenvalue weighted by molar-refractivity contribution is 0.285. The van der Waals surface area contributed by atoms with Gasteiger partial charge in [0.2, 0.25) is 0 Å². The van der Waals surface area contributed by atoms with Crippen molar-refractivity contribution in [2.24, 2.45) is 0 Å². The van der Waals surface area contributed by atoms with Crippen LogP contribution in [0.25, 0.3) is 0 Å². The van der Waals surface area contributed by atoms with E-state index in [0.29, 0.717) is 0 Å². The van der Waals surface area contributed by atoms with Crippen LogP contribution in [0.15, 0.2) is 42.0 Å². The van der Waals surface area contributed by atoms with Crippen molar-refractivity contribution in [2.45, 2.75) is 19.4 Å². The predicted octanol–water partition coefficient (Wildman–Crippen LogP) is 3.04. The molecule has 1 radical (unpaired) electrons. The smallest absolute Gasteiger partial charge is 0.0237 e. The number of hydrogen-bond donors (Lipinski definition) is 0. The van der Waals surface area contributed by atoms with Gasteiger partial charge in [-0.05, 0) is 25.3 Å². The molecule has 0 aliphatic carbocycles. The maximum absolute atomic E-state index is 3.93. The zero-order valence-corrected chi connectivity index (χ0v) is 9.15. The lowest BCUT2D eigenvalue weighted by atomic mass is 10.1. The fraction of sp³-hybridized carbons (Fsp3) is 0.357. The Morgan fingerprint density at radius 2 is 2.00 bits per heavy atom. The second-order valence-electron chi connectivity index (χ2n) is 4.08. The largest absolute Gasteiger partial charge is 0.295 e. The summed E-state index contributed by atoms with van der Waals surface area (Å²) in [6.07, 6.45) is 4.49. The number of hydrogen-bond acceptors (Lipinski definition) is 1. The van der Waals surface area contributed by atoms with Crippen molar-refractivity contribution < 1.29 is 0 Å². The van der Waals surface area contributed by atoms with E-state index in [2.05, 4.69) is 48.2 Å². The molecule has 1 nitrogen and oxygen atoms in total. The van der Waals surface area contributed by atoms with Gasteiger partial charge in [-0.15, -0.1) is 0 Å². The van der Waals surface area contributed by atoms with Crippen LogP contribution in [0, 0.1) is 6.92 Å². The van der Waals surface area contributed by atoms with E-state index in [1.165, 1.54) is 24.1 Å². The summed E-state index contributed by atoms with van der Waals surface area (Å²) >= 11 is 0. The fourth-order valence-electron chi connectivity index (χ4n) is 1.97. The highest BCUT2D eigenvalue weighted by Gasteiger charge is 2.10. The molecule has 0 bridgehead atoms. The van der Waals surface area contributed by atoms with Crippen molar-refractivity contribution in [1.82, 2.24) is 4.90 Å². The van der Waals surface area contributed by atoms with Gasteiger partial charge < -0.3 is 0 Å². The highest BCUT2D eigenvalue weighted by molar-refractivity contribution is 5.15. The first-order valence-electron chi connectivity index (χ1n) is 5.62. The summed E-state index contributed by atoms with van der Waals surface area (Å²) in [5.74, 6) is 0. The standard InChI is InChI=1S/C14H18N/c1-2-13-8-10-15(11-9-13)12-14-6-4-3-5-7-14/h3-8H,1-2,9-12H2. The van der Waals surface area contributed by atoms with Crippen molar-refractivity contribution >= 4 is 0 Å². The van der Waals surface area contributed by atoms with Crippen LogP contribution in [0.3, 0.4) is 0 Å². The third kappa shape index (κ3) is 2.93. The molecule has 1 heterocycles. The molecule has 15 heavy (non-hydrogen) atoms. The minimum absolute atomic E-state index is 0.971. The molecule has 0 spiro atoms. The van der Waals surface area contributed by atoms with E-state index in [4.69, 9.17) is 0 Å². The average molecular weight is 200 g/mol. The molecule has 0 atom stereocenters. The molecular weight excluding hydrogens is 182 g/mol. The average Bonchev–Trinajstić information content (AvgIpc) is 2.31. The Hall–Kier alpha value is -1.08. The van der Waals surface area contributed by atoms with E-state index in [1.807, 2.05) is 0 Å². The molecule has 0 amide bonds. The maximum atomic E-state index is 3.93. The normalized spacial score (nSPS) is 17.5. The summed E-state index contributed by atoms with van der Waals surface area (Å²) in [4.78, 5) is 2.48. The quantitative estimate of drug-likeness (QED) is 0.678. The van der Waals surface area contributed by atoms with Crippen molar-refractivity contribution in [2.75, 3.05) is 13.1 Å². The third-order valence-electron chi connectivity index (χ3n) is 2.96. The van der Waals surface area contributed by atoms with E-state index >= 15 is 0 Å². The first-order chi connectivity index (χ1) is 7.38. The third-order valence-corrected chi connectivity index (χ3v) is 2.96. The topological polar surface area (TPSA) is 3.24 Å². The van der Waals surface area contributed by atoms with Crippen LogP contribution in [-0.4, -0.2) is 18.0 Å². The molecule has 0 saturated heterocycles. The monoisotopic (exact) mass is 200 g/mol. The van der Waals surface area contributed by atoms with Gasteiger partial charge in [0.25, 0.3) is 0 Å². The lowest BCUT2D eigenvalue weighted by Crippen LogP contribution is -2.28. The van der Waals surface area contributed by atoms with Gasteiger partial charge in [0, 0.05) is 19.6 Å². The van der Waals surface area contributed by atoms with Crippen LogP contribution >= 0.6 is 0 Å². The van der Waals surface area contributed by atoms with E-state index in [0.717, 1.165) is 19.5 Å². The van der Waals surface area contributed by atoms with Gasteiger partial charge in [-0.1, -0.05) is 42.0 Å². The van der Waals surface area contributed by atoms with Crippen LogP contribution in [0.1, 0.15) is 18.4 Å².